The molecule has 3 rings (SSSR count). The number of halogens is 1. The average molecular weight is 419 g/mol. The lowest BCUT2D eigenvalue weighted by Gasteiger charge is -2.32. The number of sulfonamides is 1. The first-order valence-corrected chi connectivity index (χ1v) is 11.4. The highest BCUT2D eigenvalue weighted by atomic mass is 32.2. The van der Waals surface area contributed by atoms with E-state index in [1.807, 2.05) is 38.1 Å². The molecule has 156 valence electrons. The van der Waals surface area contributed by atoms with E-state index < -0.39 is 21.8 Å². The van der Waals surface area contributed by atoms with Gasteiger partial charge in [0.15, 0.2) is 0 Å². The van der Waals surface area contributed by atoms with Crippen molar-refractivity contribution < 1.29 is 17.6 Å². The van der Waals surface area contributed by atoms with Crippen LogP contribution < -0.4 is 5.32 Å². The van der Waals surface area contributed by atoms with E-state index in [-0.39, 0.29) is 23.4 Å². The Kier molecular flexibility index (Phi) is 6.70. The van der Waals surface area contributed by atoms with E-state index in [2.05, 4.69) is 5.32 Å². The predicted octanol–water partition coefficient (Wildman–Crippen LogP) is 3.80. The summed E-state index contributed by atoms with van der Waals surface area (Å²) in [7, 11) is -3.75. The summed E-state index contributed by atoms with van der Waals surface area (Å²) in [6, 6.07) is 12.6. The van der Waals surface area contributed by atoms with Crippen LogP contribution in [-0.4, -0.2) is 31.7 Å². The molecular weight excluding hydrogens is 391 g/mol. The van der Waals surface area contributed by atoms with Crippen molar-refractivity contribution in [2.75, 3.05) is 13.1 Å². The van der Waals surface area contributed by atoms with Gasteiger partial charge in [-0.3, -0.25) is 4.79 Å². The predicted molar refractivity (Wildman–Crippen MR) is 110 cm³/mol. The number of carbonyl (C=O) groups excluding carboxylic acids is 1. The number of hydrogen-bond acceptors (Lipinski definition) is 3. The van der Waals surface area contributed by atoms with Crippen LogP contribution in [0, 0.1) is 18.7 Å². The highest BCUT2D eigenvalue weighted by Gasteiger charge is 2.34. The number of nitrogens with one attached hydrogen (secondary N) is 1. The molecule has 5 nitrogen and oxygen atoms in total. The fourth-order valence-corrected chi connectivity index (χ4v) is 5.32. The number of rotatable bonds is 6. The van der Waals surface area contributed by atoms with Crippen LogP contribution in [0.25, 0.3) is 0 Å². The van der Waals surface area contributed by atoms with Gasteiger partial charge in [0.05, 0.1) is 16.9 Å². The molecule has 1 fully saturated rings. The monoisotopic (exact) mass is 418 g/mol. The summed E-state index contributed by atoms with van der Waals surface area (Å²) in [6.07, 6.45) is 2.01. The topological polar surface area (TPSA) is 66.5 Å². The second kappa shape index (κ2) is 9.05. The van der Waals surface area contributed by atoms with E-state index in [1.165, 1.54) is 16.4 Å². The van der Waals surface area contributed by atoms with Gasteiger partial charge in [0.25, 0.3) is 0 Å². The fourth-order valence-electron chi connectivity index (χ4n) is 3.80. The summed E-state index contributed by atoms with van der Waals surface area (Å²) in [5, 5.41) is 3.10. The summed E-state index contributed by atoms with van der Waals surface area (Å²) in [4.78, 5) is 13.0. The van der Waals surface area contributed by atoms with Gasteiger partial charge in [0.1, 0.15) is 5.82 Å². The Morgan fingerprint density at radius 2 is 1.90 bits per heavy atom. The standard InChI is InChI=1S/C22H27FN2O3S/c1-3-21(20-9-5-4-7-16(20)2)24-22(26)17-8-6-14-25(15-17)29(27,28)19-12-10-18(23)11-13-19/h4-5,7,9-13,17,21H,3,6,8,14-15H2,1-2H3,(H,24,26)/t17-,21-/m1/s1. The van der Waals surface area contributed by atoms with Crippen LogP contribution in [0.4, 0.5) is 4.39 Å². The minimum absolute atomic E-state index is 0.0475. The zero-order valence-electron chi connectivity index (χ0n) is 16.8. The molecule has 0 spiro atoms. The number of aryl methyl sites for hydroxylation is 1. The van der Waals surface area contributed by atoms with Gasteiger partial charge in [0, 0.05) is 13.1 Å². The average Bonchev–Trinajstić information content (AvgIpc) is 2.73. The lowest BCUT2D eigenvalue weighted by atomic mass is 9.95. The molecule has 0 saturated carbocycles. The Hall–Kier alpha value is -2.25. The van der Waals surface area contributed by atoms with E-state index in [0.717, 1.165) is 29.7 Å². The summed E-state index contributed by atoms with van der Waals surface area (Å²) in [6.45, 7) is 4.53. The maximum absolute atomic E-state index is 13.1. The molecule has 2 atom stereocenters. The maximum atomic E-state index is 13.1. The summed E-state index contributed by atoms with van der Waals surface area (Å²) in [5.74, 6) is -1.02. The van der Waals surface area contributed by atoms with Crippen LogP contribution in [0.3, 0.4) is 0 Å². The highest BCUT2D eigenvalue weighted by molar-refractivity contribution is 7.89. The molecule has 0 aliphatic carbocycles. The Morgan fingerprint density at radius 3 is 2.55 bits per heavy atom. The Bertz CT molecular complexity index is 960. The van der Waals surface area contributed by atoms with Crippen molar-refractivity contribution in [3.8, 4) is 0 Å². The molecule has 0 radical (unpaired) electrons. The fraction of sp³-hybridized carbons (Fsp3) is 0.409. The number of amides is 1. The van der Waals surface area contributed by atoms with E-state index in [9.17, 15) is 17.6 Å². The SMILES string of the molecule is CC[C@@H](NC(=O)[C@@H]1CCCN(S(=O)(=O)c2ccc(F)cc2)C1)c1ccccc1C. The Morgan fingerprint density at radius 1 is 1.21 bits per heavy atom. The van der Waals surface area contributed by atoms with Gasteiger partial charge in [-0.15, -0.1) is 0 Å². The minimum Gasteiger partial charge on any atom is -0.349 e. The van der Waals surface area contributed by atoms with E-state index in [1.54, 1.807) is 0 Å². The van der Waals surface area contributed by atoms with Crippen LogP contribution in [0.15, 0.2) is 53.4 Å². The second-order valence-electron chi connectivity index (χ2n) is 7.48. The number of benzene rings is 2. The van der Waals surface area contributed by atoms with Crippen LogP contribution in [-0.2, 0) is 14.8 Å². The molecule has 1 aliphatic heterocycles. The maximum Gasteiger partial charge on any atom is 0.243 e. The number of piperidine rings is 1. The zero-order chi connectivity index (χ0) is 21.0. The van der Waals surface area contributed by atoms with Crippen molar-refractivity contribution >= 4 is 15.9 Å². The van der Waals surface area contributed by atoms with Crippen molar-refractivity contribution in [1.29, 1.82) is 0 Å². The molecule has 1 N–H and O–H groups in total. The van der Waals surface area contributed by atoms with Gasteiger partial charge in [-0.1, -0.05) is 31.2 Å². The van der Waals surface area contributed by atoms with Crippen LogP contribution >= 0.6 is 0 Å². The molecule has 1 amide bonds. The third-order valence-electron chi connectivity index (χ3n) is 5.49. The van der Waals surface area contributed by atoms with Gasteiger partial charge in [0.2, 0.25) is 15.9 Å². The van der Waals surface area contributed by atoms with Crippen LogP contribution in [0.5, 0.6) is 0 Å². The molecule has 2 aromatic rings. The Balaban J connectivity index is 1.72. The van der Waals surface area contributed by atoms with Gasteiger partial charge in [-0.05, 0) is 61.6 Å². The largest absolute Gasteiger partial charge is 0.349 e. The highest BCUT2D eigenvalue weighted by Crippen LogP contribution is 2.26. The van der Waals surface area contributed by atoms with Crippen molar-refractivity contribution in [2.45, 2.75) is 44.0 Å². The molecule has 29 heavy (non-hydrogen) atoms. The van der Waals surface area contributed by atoms with Crippen LogP contribution in [0.1, 0.15) is 43.4 Å². The summed E-state index contributed by atoms with van der Waals surface area (Å²) in [5.41, 5.74) is 2.19. The van der Waals surface area contributed by atoms with E-state index in [0.29, 0.717) is 19.4 Å². The second-order valence-corrected chi connectivity index (χ2v) is 9.42. The van der Waals surface area contributed by atoms with Crippen molar-refractivity contribution in [1.82, 2.24) is 9.62 Å². The third kappa shape index (κ3) is 4.85. The minimum atomic E-state index is -3.75. The van der Waals surface area contributed by atoms with E-state index >= 15 is 0 Å². The number of carbonyl (C=O) groups is 1. The van der Waals surface area contributed by atoms with Crippen molar-refractivity contribution in [3.05, 3.63) is 65.5 Å². The zero-order valence-corrected chi connectivity index (χ0v) is 17.6. The molecule has 1 aliphatic rings. The van der Waals surface area contributed by atoms with Crippen molar-refractivity contribution in [2.24, 2.45) is 5.92 Å². The number of nitrogens with zero attached hydrogens (tertiary/aromatic N) is 1. The third-order valence-corrected chi connectivity index (χ3v) is 7.37. The smallest absolute Gasteiger partial charge is 0.243 e. The summed E-state index contributed by atoms with van der Waals surface area (Å²) < 4.78 is 40.2. The lowest BCUT2D eigenvalue weighted by molar-refractivity contribution is -0.126. The Labute approximate surface area is 172 Å². The molecular formula is C22H27FN2O3S. The molecule has 1 saturated heterocycles. The van der Waals surface area contributed by atoms with E-state index in [4.69, 9.17) is 0 Å². The lowest BCUT2D eigenvalue weighted by Crippen LogP contribution is -2.46. The normalized spacial score (nSPS) is 18.9. The molecule has 0 unspecified atom stereocenters. The van der Waals surface area contributed by atoms with Gasteiger partial charge >= 0.3 is 0 Å². The first kappa shape index (κ1) is 21.5. The van der Waals surface area contributed by atoms with Gasteiger partial charge < -0.3 is 5.32 Å². The van der Waals surface area contributed by atoms with Crippen LogP contribution in [0.2, 0.25) is 0 Å². The molecule has 2 aromatic carbocycles. The van der Waals surface area contributed by atoms with Crippen molar-refractivity contribution in [3.63, 3.8) is 0 Å². The van der Waals surface area contributed by atoms with Gasteiger partial charge in [-0.25, -0.2) is 12.8 Å². The number of hydrogen-bond donors (Lipinski definition) is 1. The van der Waals surface area contributed by atoms with Gasteiger partial charge in [-0.2, -0.15) is 4.31 Å². The summed E-state index contributed by atoms with van der Waals surface area (Å²) >= 11 is 0. The quantitative estimate of drug-likeness (QED) is 0.776. The molecule has 0 aromatic heterocycles. The molecule has 0 bridgehead atoms. The molecule has 1 heterocycles. The first-order chi connectivity index (χ1) is 13.8. The first-order valence-electron chi connectivity index (χ1n) is 9.94. The molecule has 7 heteroatoms.